The van der Waals surface area contributed by atoms with Crippen LogP contribution in [-0.2, 0) is 0 Å². The number of methoxy groups -OCH3 is 1. The number of halogens is 3. The number of ether oxygens (including phenoxy) is 2. The fourth-order valence-electron chi connectivity index (χ4n) is 3.67. The minimum atomic E-state index is -4.91. The SMILES string of the molecule is COc1ccc(C2NC(=O)c3cc(OC(F)(F)F)cc4c3N2CC/C4=N\O)cc1. The minimum absolute atomic E-state index is 0.0207. The van der Waals surface area contributed by atoms with E-state index in [1.165, 1.54) is 0 Å². The molecule has 2 aliphatic rings. The summed E-state index contributed by atoms with van der Waals surface area (Å²) in [5.74, 6) is -0.448. The predicted octanol–water partition coefficient (Wildman–Crippen LogP) is 3.42. The quantitative estimate of drug-likeness (QED) is 0.602. The molecule has 0 spiro atoms. The second kappa shape index (κ2) is 6.87. The summed E-state index contributed by atoms with van der Waals surface area (Å²) < 4.78 is 47.2. The molecule has 1 unspecified atom stereocenters. The number of hydrogen-bond acceptors (Lipinski definition) is 6. The molecule has 2 aromatic carbocycles. The topological polar surface area (TPSA) is 83.4 Å². The van der Waals surface area contributed by atoms with Gasteiger partial charge >= 0.3 is 6.36 Å². The van der Waals surface area contributed by atoms with Crippen molar-refractivity contribution in [1.29, 1.82) is 0 Å². The molecule has 7 nitrogen and oxygen atoms in total. The van der Waals surface area contributed by atoms with Crippen LogP contribution in [0, 0.1) is 0 Å². The van der Waals surface area contributed by atoms with Crippen molar-refractivity contribution in [2.45, 2.75) is 18.9 Å². The van der Waals surface area contributed by atoms with E-state index >= 15 is 0 Å². The Hall–Kier alpha value is -3.43. The summed E-state index contributed by atoms with van der Waals surface area (Å²) >= 11 is 0. The van der Waals surface area contributed by atoms with Crippen LogP contribution in [0.1, 0.15) is 34.1 Å². The smallest absolute Gasteiger partial charge is 0.497 e. The number of nitrogens with one attached hydrogen (secondary N) is 1. The van der Waals surface area contributed by atoms with E-state index in [-0.39, 0.29) is 23.3 Å². The average molecular weight is 407 g/mol. The fraction of sp³-hybridized carbons (Fsp3) is 0.263. The van der Waals surface area contributed by atoms with Crippen LogP contribution in [0.3, 0.4) is 0 Å². The number of benzene rings is 2. The van der Waals surface area contributed by atoms with Crippen molar-refractivity contribution in [3.63, 3.8) is 0 Å². The third-order valence-electron chi connectivity index (χ3n) is 4.88. The summed E-state index contributed by atoms with van der Waals surface area (Å²) in [4.78, 5) is 14.6. The Morgan fingerprint density at radius 1 is 1.17 bits per heavy atom. The van der Waals surface area contributed by atoms with Crippen LogP contribution in [0.2, 0.25) is 0 Å². The van der Waals surface area contributed by atoms with Crippen LogP contribution in [0.5, 0.6) is 11.5 Å². The summed E-state index contributed by atoms with van der Waals surface area (Å²) in [6.45, 7) is 0.399. The Bertz CT molecular complexity index is 989. The van der Waals surface area contributed by atoms with Crippen molar-refractivity contribution in [2.24, 2.45) is 5.16 Å². The molecule has 4 rings (SSSR count). The maximum absolute atomic E-state index is 12.7. The zero-order valence-electron chi connectivity index (χ0n) is 15.2. The van der Waals surface area contributed by atoms with Gasteiger partial charge in [-0.1, -0.05) is 17.3 Å². The van der Waals surface area contributed by atoms with Gasteiger partial charge in [0.15, 0.2) is 0 Å². The lowest BCUT2D eigenvalue weighted by molar-refractivity contribution is -0.274. The van der Waals surface area contributed by atoms with Crippen LogP contribution in [0.4, 0.5) is 18.9 Å². The molecule has 0 radical (unpaired) electrons. The van der Waals surface area contributed by atoms with Crippen LogP contribution in [-0.4, -0.2) is 36.8 Å². The predicted molar refractivity (Wildman–Crippen MR) is 96.6 cm³/mol. The number of nitrogens with zero attached hydrogens (tertiary/aromatic N) is 2. The maximum Gasteiger partial charge on any atom is 0.573 e. The average Bonchev–Trinajstić information content (AvgIpc) is 2.69. The first-order valence-electron chi connectivity index (χ1n) is 8.67. The molecule has 0 saturated heterocycles. The van der Waals surface area contributed by atoms with Crippen molar-refractivity contribution in [1.82, 2.24) is 5.32 Å². The third kappa shape index (κ3) is 3.41. The summed E-state index contributed by atoms with van der Waals surface area (Å²) in [7, 11) is 1.54. The fourth-order valence-corrected chi connectivity index (χ4v) is 3.67. The monoisotopic (exact) mass is 407 g/mol. The van der Waals surface area contributed by atoms with Gasteiger partial charge in [0.2, 0.25) is 0 Å². The first-order valence-corrected chi connectivity index (χ1v) is 8.67. The van der Waals surface area contributed by atoms with Gasteiger partial charge in [0.05, 0.1) is 24.1 Å². The summed E-state index contributed by atoms with van der Waals surface area (Å²) in [5, 5.41) is 15.4. The van der Waals surface area contributed by atoms with Gasteiger partial charge < -0.3 is 24.9 Å². The number of anilines is 1. The second-order valence-electron chi connectivity index (χ2n) is 6.55. The van der Waals surface area contributed by atoms with E-state index in [4.69, 9.17) is 4.74 Å². The van der Waals surface area contributed by atoms with Gasteiger partial charge in [-0.25, -0.2) is 0 Å². The Kier molecular flexibility index (Phi) is 4.48. The summed E-state index contributed by atoms with van der Waals surface area (Å²) in [6, 6.07) is 9.28. The normalized spacial score (nSPS) is 19.6. The Morgan fingerprint density at radius 3 is 2.48 bits per heavy atom. The molecule has 0 fully saturated rings. The number of amides is 1. The van der Waals surface area contributed by atoms with E-state index in [1.54, 1.807) is 31.4 Å². The number of hydrogen-bond donors (Lipinski definition) is 2. The molecule has 0 saturated carbocycles. The van der Waals surface area contributed by atoms with Gasteiger partial charge in [0, 0.05) is 18.5 Å². The zero-order valence-corrected chi connectivity index (χ0v) is 15.2. The highest BCUT2D eigenvalue weighted by molar-refractivity contribution is 6.14. The number of oxime groups is 1. The van der Waals surface area contributed by atoms with E-state index in [1.807, 2.05) is 4.90 Å². The highest BCUT2D eigenvalue weighted by atomic mass is 19.4. The van der Waals surface area contributed by atoms with E-state index < -0.39 is 24.2 Å². The third-order valence-corrected chi connectivity index (χ3v) is 4.88. The standard InChI is InChI=1S/C19H16F3N3O4/c1-28-11-4-2-10(3-5-11)17-23-18(26)14-9-12(29-19(20,21)22)8-13-15(24-27)6-7-25(17)16(13)14/h2-5,8-9,17,27H,6-7H2,1H3,(H,23,26)/b24-15+. The molecule has 152 valence electrons. The Labute approximate surface area is 163 Å². The van der Waals surface area contributed by atoms with Gasteiger partial charge in [-0.05, 0) is 29.8 Å². The van der Waals surface area contributed by atoms with E-state index in [9.17, 15) is 23.2 Å². The summed E-state index contributed by atoms with van der Waals surface area (Å²) in [6.07, 6.45) is -5.17. The first kappa shape index (κ1) is 18.9. The lowest BCUT2D eigenvalue weighted by atomic mass is 9.91. The van der Waals surface area contributed by atoms with Gasteiger partial charge in [0.25, 0.3) is 5.91 Å². The molecule has 2 heterocycles. The molecule has 29 heavy (non-hydrogen) atoms. The van der Waals surface area contributed by atoms with Gasteiger partial charge in [-0.15, -0.1) is 13.2 Å². The molecule has 2 N–H and O–H groups in total. The molecular formula is C19H16F3N3O4. The van der Waals surface area contributed by atoms with E-state index in [0.29, 0.717) is 18.0 Å². The van der Waals surface area contributed by atoms with Crippen LogP contribution < -0.4 is 19.7 Å². The van der Waals surface area contributed by atoms with Crippen molar-refractivity contribution >= 4 is 17.3 Å². The second-order valence-corrected chi connectivity index (χ2v) is 6.55. The Balaban J connectivity index is 1.82. The molecule has 1 amide bonds. The summed E-state index contributed by atoms with van der Waals surface area (Å²) in [5.41, 5.74) is 1.61. The maximum atomic E-state index is 12.7. The zero-order chi connectivity index (χ0) is 20.8. The molecule has 0 aromatic heterocycles. The molecular weight excluding hydrogens is 391 g/mol. The Morgan fingerprint density at radius 2 is 1.86 bits per heavy atom. The van der Waals surface area contributed by atoms with Crippen molar-refractivity contribution in [2.75, 3.05) is 18.6 Å². The number of rotatable bonds is 3. The first-order chi connectivity index (χ1) is 13.8. The molecule has 0 bridgehead atoms. The van der Waals surface area contributed by atoms with Crippen molar-refractivity contribution in [3.05, 3.63) is 53.1 Å². The number of carbonyl (C=O) groups is 1. The van der Waals surface area contributed by atoms with Crippen LogP contribution in [0.25, 0.3) is 0 Å². The lowest BCUT2D eigenvalue weighted by Crippen LogP contribution is -2.49. The highest BCUT2D eigenvalue weighted by Crippen LogP contribution is 2.42. The minimum Gasteiger partial charge on any atom is -0.497 e. The van der Waals surface area contributed by atoms with Crippen LogP contribution >= 0.6 is 0 Å². The number of alkyl halides is 3. The largest absolute Gasteiger partial charge is 0.573 e. The molecule has 2 aliphatic heterocycles. The molecule has 0 aliphatic carbocycles. The van der Waals surface area contributed by atoms with Gasteiger partial charge in [-0.3, -0.25) is 4.79 Å². The van der Waals surface area contributed by atoms with Crippen molar-refractivity contribution in [3.8, 4) is 11.5 Å². The molecule has 2 aromatic rings. The van der Waals surface area contributed by atoms with Gasteiger partial charge in [0.1, 0.15) is 17.7 Å². The van der Waals surface area contributed by atoms with Crippen molar-refractivity contribution < 1.29 is 32.6 Å². The molecule has 1 atom stereocenters. The number of carbonyl (C=O) groups excluding carboxylic acids is 1. The van der Waals surface area contributed by atoms with E-state index in [2.05, 4.69) is 15.2 Å². The van der Waals surface area contributed by atoms with E-state index in [0.717, 1.165) is 17.7 Å². The van der Waals surface area contributed by atoms with Crippen LogP contribution in [0.15, 0.2) is 41.6 Å². The lowest BCUT2D eigenvalue weighted by Gasteiger charge is -2.43. The molecule has 10 heteroatoms. The van der Waals surface area contributed by atoms with Gasteiger partial charge in [-0.2, -0.15) is 0 Å². The highest BCUT2D eigenvalue weighted by Gasteiger charge is 2.39.